The van der Waals surface area contributed by atoms with Gasteiger partial charge < -0.3 is 51.0 Å². The van der Waals surface area contributed by atoms with E-state index in [4.69, 9.17) is 61.8 Å². The van der Waals surface area contributed by atoms with Gasteiger partial charge in [0.05, 0.1) is 56.8 Å². The lowest BCUT2D eigenvalue weighted by Gasteiger charge is -2.48. The Balaban J connectivity index is 0.813. The van der Waals surface area contributed by atoms with Crippen molar-refractivity contribution in [2.75, 3.05) is 104 Å². The number of hydrogen-bond donors (Lipinski definition) is 4. The average Bonchev–Trinajstić information content (AvgIpc) is 1.87. The minimum Gasteiger partial charge on any atom is -0.382 e. The number of piperidine rings is 2. The van der Waals surface area contributed by atoms with Crippen molar-refractivity contribution >= 4 is 82.6 Å². The molecule has 17 nitrogen and oxygen atoms in total. The highest BCUT2D eigenvalue weighted by atomic mass is 32.1. The molecule has 472 valence electrons. The fraction of sp³-hybridized carbons (Fsp3) is 0.746. The summed E-state index contributed by atoms with van der Waals surface area (Å²) in [5.74, 6) is 7.37. The molecule has 4 saturated heterocycles. The molecule has 6 aromatic rings. The molecule has 6 aromatic heterocycles. The summed E-state index contributed by atoms with van der Waals surface area (Å²) in [6, 6.07) is 4.46. The molecule has 2 saturated carbocycles. The number of unbranched alkanes of at least 4 members (excludes halogenated alkanes) is 2. The lowest BCUT2D eigenvalue weighted by atomic mass is 9.71. The van der Waals surface area contributed by atoms with Crippen LogP contribution in [0.25, 0.3) is 42.5 Å². The molecule has 2 aliphatic carbocycles. The Labute approximate surface area is 518 Å². The molecular formula is C67H102N12O5S2. The van der Waals surface area contributed by atoms with Gasteiger partial charge in [0.15, 0.2) is 17.4 Å². The summed E-state index contributed by atoms with van der Waals surface area (Å²) in [5.41, 5.74) is 31.5. The number of carbonyl (C=O) groups is 1. The molecule has 86 heavy (non-hydrogen) atoms. The van der Waals surface area contributed by atoms with Crippen LogP contribution in [-0.4, -0.2) is 149 Å². The first-order valence-electron chi connectivity index (χ1n) is 34.1. The zero-order valence-corrected chi connectivity index (χ0v) is 53.7. The Bertz CT molecular complexity index is 2940. The van der Waals surface area contributed by atoms with Gasteiger partial charge in [-0.25, -0.2) is 19.9 Å². The summed E-state index contributed by atoms with van der Waals surface area (Å²) in [7, 11) is 0. The Morgan fingerprint density at radius 3 is 1.33 bits per heavy atom. The number of hydrogen-bond acceptors (Lipinski definition) is 17. The van der Waals surface area contributed by atoms with Crippen molar-refractivity contribution in [1.29, 1.82) is 0 Å². The number of carbonyl (C=O) groups excluding carboxylic acids is 1. The number of rotatable bonds is 26. The highest BCUT2D eigenvalue weighted by Crippen LogP contribution is 2.46. The second-order valence-corrected chi connectivity index (χ2v) is 29.1. The van der Waals surface area contributed by atoms with Crippen LogP contribution in [0.5, 0.6) is 0 Å². The summed E-state index contributed by atoms with van der Waals surface area (Å²) in [4.78, 5) is 45.3. The van der Waals surface area contributed by atoms with Crippen LogP contribution in [0.4, 0.5) is 11.6 Å². The number of nitrogen functional groups attached to an aromatic ring is 2. The number of ether oxygens (including phenoxy) is 4. The van der Waals surface area contributed by atoms with Crippen LogP contribution in [0.15, 0.2) is 12.1 Å². The fourth-order valence-electron chi connectivity index (χ4n) is 16.2. The molecule has 0 aromatic carbocycles. The summed E-state index contributed by atoms with van der Waals surface area (Å²) >= 11 is 3.84. The first-order chi connectivity index (χ1) is 42.2. The molecule has 6 aliphatic rings. The van der Waals surface area contributed by atoms with E-state index in [1.807, 2.05) is 22.7 Å². The van der Waals surface area contributed by atoms with E-state index in [0.717, 1.165) is 254 Å². The molecular weight excluding hydrogens is 1120 g/mol. The van der Waals surface area contributed by atoms with Crippen molar-refractivity contribution in [3.8, 4) is 0 Å². The lowest BCUT2D eigenvalue weighted by Crippen LogP contribution is -2.59. The van der Waals surface area contributed by atoms with E-state index < -0.39 is 0 Å². The van der Waals surface area contributed by atoms with Gasteiger partial charge in [-0.2, -0.15) is 0 Å². The topological polar surface area (TPSA) is 226 Å². The molecule has 0 spiro atoms. The van der Waals surface area contributed by atoms with Crippen LogP contribution in [0.3, 0.4) is 0 Å². The zero-order chi connectivity index (χ0) is 59.1. The normalized spacial score (nSPS) is 24.0. The second-order valence-electron chi connectivity index (χ2n) is 26.9. The van der Waals surface area contributed by atoms with E-state index in [-0.39, 0.29) is 12.1 Å². The monoisotopic (exact) mass is 1220 g/mol. The van der Waals surface area contributed by atoms with Crippen molar-refractivity contribution in [1.82, 2.24) is 38.9 Å². The van der Waals surface area contributed by atoms with Gasteiger partial charge in [0.1, 0.15) is 22.7 Å². The van der Waals surface area contributed by atoms with Gasteiger partial charge >= 0.3 is 0 Å². The van der Waals surface area contributed by atoms with Crippen LogP contribution in [0.1, 0.15) is 176 Å². The number of anilines is 2. The molecule has 10 heterocycles. The number of imidazole rings is 2. The van der Waals surface area contributed by atoms with Gasteiger partial charge in [0, 0.05) is 88.4 Å². The molecule has 4 aliphatic heterocycles. The van der Waals surface area contributed by atoms with Gasteiger partial charge in [-0.05, 0) is 201 Å². The predicted molar refractivity (Wildman–Crippen MR) is 349 cm³/mol. The maximum absolute atomic E-state index is 16.5. The van der Waals surface area contributed by atoms with Gasteiger partial charge in [-0.3, -0.25) is 14.6 Å². The molecule has 19 heteroatoms. The maximum atomic E-state index is 16.5. The molecule has 12 rings (SSSR count). The quantitative estimate of drug-likeness (QED) is 0.0371. The van der Waals surface area contributed by atoms with Crippen molar-refractivity contribution < 1.29 is 23.7 Å². The minimum absolute atomic E-state index is 0.116. The summed E-state index contributed by atoms with van der Waals surface area (Å²) in [6.07, 6.45) is 23.3. The largest absolute Gasteiger partial charge is 0.382 e. The highest BCUT2D eigenvalue weighted by molar-refractivity contribution is 7.20. The van der Waals surface area contributed by atoms with E-state index in [0.29, 0.717) is 91.1 Å². The Morgan fingerprint density at radius 1 is 0.558 bits per heavy atom. The number of nitrogens with two attached hydrogens (primary N) is 4. The molecule has 2 atom stereocenters. The van der Waals surface area contributed by atoms with E-state index >= 15 is 4.79 Å². The van der Waals surface area contributed by atoms with Crippen LogP contribution < -0.4 is 22.9 Å². The molecule has 8 N–H and O–H groups in total. The number of pyridine rings is 2. The Morgan fingerprint density at radius 2 is 0.953 bits per heavy atom. The Hall–Kier alpha value is -3.89. The number of nitrogens with zero attached hydrogens (tertiary/aromatic N) is 8. The molecule has 0 radical (unpaired) electrons. The molecule has 0 bridgehead atoms. The van der Waals surface area contributed by atoms with Crippen LogP contribution in [0, 0.1) is 35.5 Å². The van der Waals surface area contributed by atoms with Crippen LogP contribution in [0.2, 0.25) is 0 Å². The number of fused-ring (bicyclic) bond motifs is 6. The second kappa shape index (κ2) is 29.4. The van der Waals surface area contributed by atoms with E-state index in [2.05, 4.69) is 44.9 Å². The first-order valence-corrected chi connectivity index (χ1v) is 35.7. The number of Topliss-reactive ketones (excluding diaryl/α,β-unsaturated/α-hetero) is 1. The SMILES string of the molecule is CCCCc1nc2c(N)nc3cc(C4CCN(C(C(=O)C(C5CCC(COCCN)CC5)N5CCC(c6cc7nc(N)c8nc(CCCC)n(CC9CCOCC9)c8c7s6)CC5)C5CCC(COCCN)CC5)CC4)sc3c2n1CC1CCOCC1. The van der Waals surface area contributed by atoms with E-state index in [9.17, 15) is 0 Å². The van der Waals surface area contributed by atoms with Crippen molar-refractivity contribution in [3.63, 3.8) is 0 Å². The van der Waals surface area contributed by atoms with Crippen molar-refractivity contribution in [2.45, 2.75) is 192 Å². The van der Waals surface area contributed by atoms with E-state index in [1.54, 1.807) is 0 Å². The third-order valence-corrected chi connectivity index (χ3v) is 23.8. The smallest absolute Gasteiger partial charge is 0.167 e. The third-order valence-electron chi connectivity index (χ3n) is 21.2. The molecule has 0 amide bonds. The number of aryl methyl sites for hydroxylation is 2. The molecule has 6 fully saturated rings. The standard InChI is InChI=1S/C67H102N12O5S2/c1-3-5-7-55-74-57-61(78(55)39-43-21-31-81-32-22-43)64-51(72-66(57)70)37-53(85-64)47-17-27-76(28-18-47)59(49-13-9-45(10-14-49)41-83-35-25-68)63(80)60(50-15-11-46(12-16-50)42-84-36-26-69)77-29-19-48(20-30-77)54-38-52-65(86-54)62-58(67(71)73-52)75-56(8-6-4-2)79(62)40-44-23-33-82-34-24-44/h37-38,43-50,59-60H,3-36,39-42,68-69H2,1-2H3,(H2,70,72)(H2,71,73). The van der Waals surface area contributed by atoms with Gasteiger partial charge in [-0.15, -0.1) is 22.7 Å². The number of ketones is 1. The van der Waals surface area contributed by atoms with Gasteiger partial charge in [0.25, 0.3) is 0 Å². The summed E-state index contributed by atoms with van der Waals surface area (Å²) < 4.78 is 31.2. The molecule has 2 unspecified atom stereocenters. The minimum atomic E-state index is -0.116. The maximum Gasteiger partial charge on any atom is 0.167 e. The number of thiophene rings is 2. The van der Waals surface area contributed by atoms with Crippen LogP contribution in [-0.2, 0) is 49.7 Å². The fourth-order valence-corrected chi connectivity index (χ4v) is 18.9. The van der Waals surface area contributed by atoms with Gasteiger partial charge in [-0.1, -0.05) is 26.7 Å². The predicted octanol–water partition coefficient (Wildman–Crippen LogP) is 11.2. The van der Waals surface area contributed by atoms with Crippen molar-refractivity contribution in [3.05, 3.63) is 33.5 Å². The Kier molecular flexibility index (Phi) is 21.3. The van der Waals surface area contributed by atoms with E-state index in [1.165, 1.54) is 30.2 Å². The van der Waals surface area contributed by atoms with Crippen LogP contribution >= 0.6 is 22.7 Å². The van der Waals surface area contributed by atoms with Crippen molar-refractivity contribution in [2.24, 2.45) is 47.0 Å². The zero-order valence-electron chi connectivity index (χ0n) is 52.0. The summed E-state index contributed by atoms with van der Waals surface area (Å²) in [6.45, 7) is 17.2. The number of aromatic nitrogens is 6. The third kappa shape index (κ3) is 13.9. The summed E-state index contributed by atoms with van der Waals surface area (Å²) in [5, 5.41) is 0. The number of likely N-dealkylation sites (tertiary alicyclic amines) is 2. The average molecular weight is 1220 g/mol. The lowest BCUT2D eigenvalue weighted by molar-refractivity contribution is -0.136. The first kappa shape index (κ1) is 62.3. The van der Waals surface area contributed by atoms with Gasteiger partial charge in [0.2, 0.25) is 0 Å². The highest BCUT2D eigenvalue weighted by Gasteiger charge is 2.46.